The number of fused-ring (bicyclic) bond motifs is 8. The average molecular weight is 482 g/mol. The number of nitrogens with two attached hydrogens (primary N) is 1. The first kappa shape index (κ1) is 22.7. The highest BCUT2D eigenvalue weighted by molar-refractivity contribution is 5.96. The quantitative estimate of drug-likeness (QED) is 0.521. The highest BCUT2D eigenvalue weighted by Crippen LogP contribution is 2.62. The molecule has 3 aliphatic rings. The molecule has 1 aliphatic carbocycles. The molecule has 36 heavy (non-hydrogen) atoms. The second kappa shape index (κ2) is 8.14. The minimum atomic E-state index is -0.440. The van der Waals surface area contributed by atoms with Crippen molar-refractivity contribution in [2.45, 2.75) is 39.0 Å². The number of halogens is 1. The zero-order chi connectivity index (χ0) is 25.2. The van der Waals surface area contributed by atoms with Crippen molar-refractivity contribution in [3.05, 3.63) is 106 Å². The maximum atomic E-state index is 13.4. The van der Waals surface area contributed by atoms with Gasteiger partial charge in [0.1, 0.15) is 11.6 Å². The number of hydrogen-bond acceptors (Lipinski definition) is 4. The van der Waals surface area contributed by atoms with E-state index in [-0.39, 0.29) is 29.7 Å². The molecule has 1 amide bonds. The maximum absolute atomic E-state index is 13.4. The van der Waals surface area contributed by atoms with E-state index in [1.807, 2.05) is 26.0 Å². The van der Waals surface area contributed by atoms with Crippen molar-refractivity contribution in [1.29, 1.82) is 0 Å². The monoisotopic (exact) mass is 481 g/mol. The average Bonchev–Trinajstić information content (AvgIpc) is 3.32. The molecule has 6 rings (SSSR count). The van der Waals surface area contributed by atoms with Crippen LogP contribution in [0.2, 0.25) is 0 Å². The molecule has 182 valence electrons. The van der Waals surface area contributed by atoms with E-state index in [4.69, 9.17) is 10.5 Å². The van der Waals surface area contributed by atoms with Crippen molar-refractivity contribution in [2.24, 2.45) is 11.8 Å². The minimum Gasteiger partial charge on any atom is -0.384 e. The standard InChI is InChI=1S/C30H28FN3O2/c1-16-12-27(32)34-17(2)24(16)15-33-29(35)20-7-11-26-23(14-20)28-22-13-19(18-4-8-21(31)9-5-18)6-10-25(22)30(26,3)36-28/h4-14,23,26,28H,15H2,1-3H3,(H2,32,34)(H,33,35). The molecule has 4 atom stereocenters. The molecule has 0 saturated carbocycles. The summed E-state index contributed by atoms with van der Waals surface area (Å²) in [5.74, 6) is 0.346. The summed E-state index contributed by atoms with van der Waals surface area (Å²) in [4.78, 5) is 17.4. The molecule has 5 nitrogen and oxygen atoms in total. The van der Waals surface area contributed by atoms with E-state index in [0.29, 0.717) is 17.9 Å². The first-order valence-electron chi connectivity index (χ1n) is 12.2. The second-order valence-electron chi connectivity index (χ2n) is 10.1. The number of ether oxygens (including phenoxy) is 1. The van der Waals surface area contributed by atoms with Crippen molar-refractivity contribution in [3.63, 3.8) is 0 Å². The summed E-state index contributed by atoms with van der Waals surface area (Å²) in [6.45, 7) is 6.41. The zero-order valence-corrected chi connectivity index (χ0v) is 20.5. The SMILES string of the molecule is Cc1cc(N)nc(C)c1CNC(=O)C1=CC2C3OC(C)(c4ccc(-c5ccc(F)cc5)cc43)C2C=C1. The van der Waals surface area contributed by atoms with Gasteiger partial charge in [0.15, 0.2) is 0 Å². The lowest BCUT2D eigenvalue weighted by atomic mass is 9.67. The Morgan fingerprint density at radius 1 is 1.14 bits per heavy atom. The van der Waals surface area contributed by atoms with Gasteiger partial charge in [0, 0.05) is 29.6 Å². The largest absolute Gasteiger partial charge is 0.384 e. The lowest BCUT2D eigenvalue weighted by molar-refractivity contribution is -0.117. The van der Waals surface area contributed by atoms with Gasteiger partial charge in [-0.05, 0) is 78.4 Å². The Kier molecular flexibility index (Phi) is 5.12. The molecule has 2 bridgehead atoms. The van der Waals surface area contributed by atoms with Gasteiger partial charge in [0.25, 0.3) is 5.91 Å². The van der Waals surface area contributed by atoms with Gasteiger partial charge in [0.05, 0.1) is 11.7 Å². The van der Waals surface area contributed by atoms with E-state index >= 15 is 0 Å². The number of rotatable bonds is 4. The van der Waals surface area contributed by atoms with Gasteiger partial charge in [-0.3, -0.25) is 4.79 Å². The molecular weight excluding hydrogens is 453 g/mol. The summed E-state index contributed by atoms with van der Waals surface area (Å²) >= 11 is 0. The van der Waals surface area contributed by atoms with Gasteiger partial charge in [-0.2, -0.15) is 0 Å². The topological polar surface area (TPSA) is 77.2 Å². The third kappa shape index (κ3) is 3.47. The Morgan fingerprint density at radius 2 is 1.89 bits per heavy atom. The molecule has 3 heterocycles. The fraction of sp³-hybridized carbons (Fsp3) is 0.267. The van der Waals surface area contributed by atoms with Crippen molar-refractivity contribution < 1.29 is 13.9 Å². The molecule has 1 fully saturated rings. The third-order valence-corrected chi connectivity index (χ3v) is 7.96. The number of benzene rings is 2. The Balaban J connectivity index is 1.26. The van der Waals surface area contributed by atoms with E-state index in [0.717, 1.165) is 33.5 Å². The molecule has 0 radical (unpaired) electrons. The number of nitrogens with zero attached hydrogens (tertiary/aromatic N) is 1. The number of anilines is 1. The summed E-state index contributed by atoms with van der Waals surface area (Å²) in [6.07, 6.45) is 5.97. The number of aryl methyl sites for hydroxylation is 2. The van der Waals surface area contributed by atoms with Crippen LogP contribution in [0.4, 0.5) is 10.2 Å². The Bertz CT molecular complexity index is 1440. The molecule has 6 heteroatoms. The van der Waals surface area contributed by atoms with E-state index < -0.39 is 5.60 Å². The number of nitrogen functional groups attached to an aromatic ring is 1. The zero-order valence-electron chi connectivity index (χ0n) is 20.5. The number of amides is 1. The van der Waals surface area contributed by atoms with Crippen LogP contribution in [-0.4, -0.2) is 10.9 Å². The van der Waals surface area contributed by atoms with Crippen LogP contribution in [0.25, 0.3) is 11.1 Å². The molecule has 3 aromatic rings. The van der Waals surface area contributed by atoms with E-state index in [2.05, 4.69) is 47.6 Å². The summed E-state index contributed by atoms with van der Waals surface area (Å²) < 4.78 is 20.0. The fourth-order valence-electron chi connectivity index (χ4n) is 6.11. The minimum absolute atomic E-state index is 0.0679. The number of nitrogens with one attached hydrogen (secondary N) is 1. The molecule has 1 aromatic heterocycles. The van der Waals surface area contributed by atoms with Crippen molar-refractivity contribution in [3.8, 4) is 11.1 Å². The molecule has 3 N–H and O–H groups in total. The predicted molar refractivity (Wildman–Crippen MR) is 137 cm³/mol. The van der Waals surface area contributed by atoms with E-state index in [9.17, 15) is 9.18 Å². The van der Waals surface area contributed by atoms with Crippen LogP contribution in [0.15, 0.2) is 72.3 Å². The van der Waals surface area contributed by atoms with E-state index in [1.54, 1.807) is 12.1 Å². The molecule has 2 aromatic carbocycles. The van der Waals surface area contributed by atoms with E-state index in [1.165, 1.54) is 17.7 Å². The van der Waals surface area contributed by atoms with Crippen molar-refractivity contribution >= 4 is 11.7 Å². The fourth-order valence-corrected chi connectivity index (χ4v) is 6.11. The Morgan fingerprint density at radius 3 is 2.64 bits per heavy atom. The number of hydrogen-bond donors (Lipinski definition) is 2. The van der Waals surface area contributed by atoms with Crippen molar-refractivity contribution in [1.82, 2.24) is 10.3 Å². The summed E-state index contributed by atoms with van der Waals surface area (Å²) in [6, 6.07) is 14.7. The number of carbonyl (C=O) groups is 1. The summed E-state index contributed by atoms with van der Waals surface area (Å²) in [7, 11) is 0. The van der Waals surface area contributed by atoms with Crippen LogP contribution in [0.5, 0.6) is 0 Å². The second-order valence-corrected chi connectivity index (χ2v) is 10.1. The van der Waals surface area contributed by atoms with Crippen LogP contribution >= 0.6 is 0 Å². The first-order valence-corrected chi connectivity index (χ1v) is 12.2. The predicted octanol–water partition coefficient (Wildman–Crippen LogP) is 5.43. The molecule has 0 spiro atoms. The number of pyridine rings is 1. The van der Waals surface area contributed by atoms with Crippen molar-refractivity contribution in [2.75, 3.05) is 5.73 Å². The number of aromatic nitrogens is 1. The first-order chi connectivity index (χ1) is 17.2. The summed E-state index contributed by atoms with van der Waals surface area (Å²) in [5, 5.41) is 3.05. The van der Waals surface area contributed by atoms with Crippen LogP contribution < -0.4 is 11.1 Å². The smallest absolute Gasteiger partial charge is 0.251 e. The Labute approximate surface area is 209 Å². The normalized spacial score (nSPS) is 25.3. The molecule has 2 aliphatic heterocycles. The van der Waals surface area contributed by atoms with Gasteiger partial charge in [-0.15, -0.1) is 0 Å². The van der Waals surface area contributed by atoms with Gasteiger partial charge >= 0.3 is 0 Å². The van der Waals surface area contributed by atoms with Crippen LogP contribution in [0.1, 0.15) is 41.0 Å². The maximum Gasteiger partial charge on any atom is 0.251 e. The van der Waals surface area contributed by atoms with Crippen LogP contribution in [-0.2, 0) is 21.7 Å². The van der Waals surface area contributed by atoms with Gasteiger partial charge in [0.2, 0.25) is 0 Å². The van der Waals surface area contributed by atoms with Crippen LogP contribution in [0.3, 0.4) is 0 Å². The molecule has 1 saturated heterocycles. The summed E-state index contributed by atoms with van der Waals surface area (Å²) in [5.41, 5.74) is 13.2. The molecule has 4 unspecified atom stereocenters. The highest BCUT2D eigenvalue weighted by atomic mass is 19.1. The number of carbonyl (C=O) groups excluding carboxylic acids is 1. The van der Waals surface area contributed by atoms with Gasteiger partial charge < -0.3 is 15.8 Å². The Hall–Kier alpha value is -3.77. The molecular formula is C30H28FN3O2. The lowest BCUT2D eigenvalue weighted by Crippen LogP contribution is -2.34. The van der Waals surface area contributed by atoms with Gasteiger partial charge in [-0.25, -0.2) is 9.37 Å². The van der Waals surface area contributed by atoms with Crippen LogP contribution in [0, 0.1) is 31.5 Å². The lowest BCUT2D eigenvalue weighted by Gasteiger charge is -2.34. The highest BCUT2D eigenvalue weighted by Gasteiger charge is 2.58. The third-order valence-electron chi connectivity index (χ3n) is 7.96. The van der Waals surface area contributed by atoms with Gasteiger partial charge in [-0.1, -0.05) is 42.5 Å².